The normalized spacial score (nSPS) is 9.72. The predicted octanol–water partition coefficient (Wildman–Crippen LogP) is 5.82. The first-order valence-electron chi connectivity index (χ1n) is 8.67. The second kappa shape index (κ2) is 10.2. The molecule has 1 heterocycles. The molecule has 3 aromatic rings. The summed E-state index contributed by atoms with van der Waals surface area (Å²) in [5, 5.41) is 2.13. The van der Waals surface area contributed by atoms with Crippen LogP contribution < -0.4 is 0 Å². The first-order valence-corrected chi connectivity index (χ1v) is 11.2. The molecule has 0 saturated carbocycles. The maximum Gasteiger partial charge on any atom is 0.190 e. The smallest absolute Gasteiger partial charge is 0.190 e. The molecule has 0 fully saturated rings. The van der Waals surface area contributed by atoms with Crippen molar-refractivity contribution >= 4 is 45.1 Å². The number of carbonyl (C=O) groups excluding carboxylic acids is 2. The fraction of sp³-hybridized carbons (Fsp3) is 0.0833. The van der Waals surface area contributed by atoms with Gasteiger partial charge in [0.05, 0.1) is 4.88 Å². The van der Waals surface area contributed by atoms with Gasteiger partial charge in [0.2, 0.25) is 0 Å². The third-order valence-corrected chi connectivity index (χ3v) is 5.95. The Morgan fingerprint density at radius 3 is 1.62 bits per heavy atom. The van der Waals surface area contributed by atoms with Crippen molar-refractivity contribution in [2.75, 3.05) is 0 Å². The van der Waals surface area contributed by atoms with Crippen LogP contribution in [0.4, 0.5) is 0 Å². The highest BCUT2D eigenvalue weighted by atomic mass is 32.2. The van der Waals surface area contributed by atoms with E-state index in [1.165, 1.54) is 23.5 Å². The van der Waals surface area contributed by atoms with Crippen LogP contribution in [0.15, 0.2) is 69.8 Å². The maximum absolute atomic E-state index is 11.1. The van der Waals surface area contributed by atoms with Crippen LogP contribution in [-0.2, 0) is 9.59 Å². The molecule has 0 aliphatic heterocycles. The van der Waals surface area contributed by atoms with E-state index in [-0.39, 0.29) is 10.2 Å². The molecule has 1 aromatic heterocycles. The molecule has 0 radical (unpaired) electrons. The van der Waals surface area contributed by atoms with Crippen LogP contribution in [0.1, 0.15) is 35.4 Å². The first kappa shape index (κ1) is 21.0. The summed E-state index contributed by atoms with van der Waals surface area (Å²) >= 11 is 3.99. The summed E-state index contributed by atoms with van der Waals surface area (Å²) in [6.45, 7) is 3.11. The van der Waals surface area contributed by atoms with E-state index in [4.69, 9.17) is 0 Å². The predicted molar refractivity (Wildman–Crippen MR) is 122 cm³/mol. The standard InChI is InChI=1S/C24H16O2S3/c1-17(25)28-22-10-5-19(6-11-22)3-4-21-15-24(27-16-21)14-9-20-7-12-23(13-8-20)29-18(2)26/h5-8,10-13,15-16H,1-2H3. The van der Waals surface area contributed by atoms with Crippen LogP contribution in [0.3, 0.4) is 0 Å². The van der Waals surface area contributed by atoms with Crippen LogP contribution in [0, 0.1) is 23.7 Å². The zero-order chi connectivity index (χ0) is 20.6. The third kappa shape index (κ3) is 7.00. The molecule has 0 saturated heterocycles. The van der Waals surface area contributed by atoms with Crippen molar-refractivity contribution in [3.05, 3.63) is 81.5 Å². The van der Waals surface area contributed by atoms with Crippen LogP contribution >= 0.6 is 34.9 Å². The largest absolute Gasteiger partial charge is 0.287 e. The van der Waals surface area contributed by atoms with Gasteiger partial charge in [-0.3, -0.25) is 9.59 Å². The van der Waals surface area contributed by atoms with Crippen LogP contribution in [-0.4, -0.2) is 10.2 Å². The highest BCUT2D eigenvalue weighted by Gasteiger charge is 1.99. The van der Waals surface area contributed by atoms with Crippen molar-refractivity contribution in [3.63, 3.8) is 0 Å². The molecule has 0 bridgehead atoms. The molecule has 0 unspecified atom stereocenters. The molecule has 0 aliphatic rings. The average Bonchev–Trinajstić information content (AvgIpc) is 3.14. The molecule has 3 rings (SSSR count). The monoisotopic (exact) mass is 432 g/mol. The van der Waals surface area contributed by atoms with E-state index in [1.54, 1.807) is 25.2 Å². The lowest BCUT2D eigenvalue weighted by Gasteiger charge is -1.96. The second-order valence-corrected chi connectivity index (χ2v) is 9.35. The second-order valence-electron chi connectivity index (χ2n) is 5.94. The molecule has 2 nitrogen and oxygen atoms in total. The number of thioether (sulfide) groups is 2. The number of hydrogen-bond acceptors (Lipinski definition) is 5. The van der Waals surface area contributed by atoms with E-state index in [0.717, 1.165) is 31.4 Å². The lowest BCUT2D eigenvalue weighted by atomic mass is 10.2. The van der Waals surface area contributed by atoms with Crippen molar-refractivity contribution in [1.29, 1.82) is 0 Å². The average molecular weight is 433 g/mol. The van der Waals surface area contributed by atoms with Crippen molar-refractivity contribution in [2.24, 2.45) is 0 Å². The summed E-state index contributed by atoms with van der Waals surface area (Å²) < 4.78 is 0. The van der Waals surface area contributed by atoms with Gasteiger partial charge in [0.25, 0.3) is 0 Å². The molecular weight excluding hydrogens is 416 g/mol. The van der Waals surface area contributed by atoms with Crippen molar-refractivity contribution in [3.8, 4) is 23.7 Å². The van der Waals surface area contributed by atoms with Gasteiger partial charge >= 0.3 is 0 Å². The SMILES string of the molecule is CC(=O)Sc1ccc(C#Cc2csc(C#Cc3ccc(SC(C)=O)cc3)c2)cc1. The Labute approximate surface area is 183 Å². The number of carbonyl (C=O) groups is 2. The summed E-state index contributed by atoms with van der Waals surface area (Å²) in [6, 6.07) is 17.3. The van der Waals surface area contributed by atoms with E-state index < -0.39 is 0 Å². The topological polar surface area (TPSA) is 34.1 Å². The molecule has 5 heteroatoms. The highest BCUT2D eigenvalue weighted by Crippen LogP contribution is 2.20. The van der Waals surface area contributed by atoms with E-state index >= 15 is 0 Å². The highest BCUT2D eigenvalue weighted by molar-refractivity contribution is 8.13. The van der Waals surface area contributed by atoms with Crippen LogP contribution in [0.5, 0.6) is 0 Å². The number of benzene rings is 2. The zero-order valence-corrected chi connectivity index (χ0v) is 18.3. The minimum absolute atomic E-state index is 0.0710. The van der Waals surface area contributed by atoms with E-state index in [1.807, 2.05) is 60.0 Å². The Balaban J connectivity index is 1.65. The summed E-state index contributed by atoms with van der Waals surface area (Å²) in [6.07, 6.45) is 0. The van der Waals surface area contributed by atoms with Gasteiger partial charge in [0.15, 0.2) is 10.2 Å². The number of thiophene rings is 1. The third-order valence-electron chi connectivity index (χ3n) is 3.51. The van der Waals surface area contributed by atoms with Crippen molar-refractivity contribution in [1.82, 2.24) is 0 Å². The van der Waals surface area contributed by atoms with E-state index in [0.29, 0.717) is 0 Å². The minimum Gasteiger partial charge on any atom is -0.287 e. The fourth-order valence-corrected chi connectivity index (χ4v) is 4.18. The number of rotatable bonds is 2. The Morgan fingerprint density at radius 2 is 1.14 bits per heavy atom. The Bertz CT molecular complexity index is 1060. The molecule has 0 amide bonds. The Hall–Kier alpha value is -2.70. The van der Waals surface area contributed by atoms with Gasteiger partial charge in [-0.15, -0.1) is 11.3 Å². The molecule has 0 atom stereocenters. The quantitative estimate of drug-likeness (QED) is 0.377. The number of hydrogen-bond donors (Lipinski definition) is 0. The van der Waals surface area contributed by atoms with Gasteiger partial charge in [-0.25, -0.2) is 0 Å². The van der Waals surface area contributed by atoms with Gasteiger partial charge < -0.3 is 0 Å². The first-order chi connectivity index (χ1) is 14.0. The van der Waals surface area contributed by atoms with Crippen LogP contribution in [0.25, 0.3) is 0 Å². The maximum atomic E-state index is 11.1. The van der Waals surface area contributed by atoms with Gasteiger partial charge in [-0.2, -0.15) is 0 Å². The summed E-state index contributed by atoms with van der Waals surface area (Å²) in [5.74, 6) is 12.6. The van der Waals surface area contributed by atoms with Crippen molar-refractivity contribution in [2.45, 2.75) is 23.6 Å². The van der Waals surface area contributed by atoms with Gasteiger partial charge in [0.1, 0.15) is 0 Å². The molecule has 0 spiro atoms. The summed E-state index contributed by atoms with van der Waals surface area (Å²) in [5.41, 5.74) is 2.73. The van der Waals surface area contributed by atoms with Crippen molar-refractivity contribution < 1.29 is 9.59 Å². The lowest BCUT2D eigenvalue weighted by Crippen LogP contribution is -1.81. The Kier molecular flexibility index (Phi) is 7.38. The van der Waals surface area contributed by atoms with Gasteiger partial charge in [-0.1, -0.05) is 47.2 Å². The molecule has 29 heavy (non-hydrogen) atoms. The summed E-state index contributed by atoms with van der Waals surface area (Å²) in [7, 11) is 0. The van der Waals surface area contributed by atoms with E-state index in [2.05, 4.69) is 23.7 Å². The zero-order valence-electron chi connectivity index (χ0n) is 15.8. The minimum atomic E-state index is 0.0710. The molecular formula is C24H16O2S3. The molecule has 0 N–H and O–H groups in total. The van der Waals surface area contributed by atoms with E-state index in [9.17, 15) is 9.59 Å². The lowest BCUT2D eigenvalue weighted by molar-refractivity contribution is -0.109. The summed E-state index contributed by atoms with van der Waals surface area (Å²) in [4.78, 5) is 25.0. The molecule has 142 valence electrons. The molecule has 0 aliphatic carbocycles. The molecule has 2 aromatic carbocycles. The van der Waals surface area contributed by atoms with Crippen LogP contribution in [0.2, 0.25) is 0 Å². The van der Waals surface area contributed by atoms with Gasteiger partial charge in [0, 0.05) is 45.7 Å². The fourth-order valence-electron chi connectivity index (χ4n) is 2.29. The Morgan fingerprint density at radius 1 is 0.690 bits per heavy atom. The van der Waals surface area contributed by atoms with Gasteiger partial charge in [-0.05, 0) is 54.6 Å².